The van der Waals surface area contributed by atoms with Crippen LogP contribution in [-0.4, -0.2) is 60.5 Å². The number of aromatic nitrogens is 2. The second kappa shape index (κ2) is 22.1. The zero-order chi connectivity index (χ0) is 52.7. The number of carbonyl (C=O) groups excluding carboxylic acids is 4. The van der Waals surface area contributed by atoms with Gasteiger partial charge in [0.1, 0.15) is 39.9 Å². The number of H-pyrrole nitrogens is 2. The maximum atomic E-state index is 13.6. The molecule has 0 saturated heterocycles. The van der Waals surface area contributed by atoms with E-state index in [4.69, 9.17) is 18.3 Å². The van der Waals surface area contributed by atoms with Gasteiger partial charge < -0.3 is 38.9 Å². The molecule has 0 bridgehead atoms. The first-order chi connectivity index (χ1) is 35.2. The van der Waals surface area contributed by atoms with Gasteiger partial charge in [0.15, 0.2) is 0 Å². The highest BCUT2D eigenvalue weighted by molar-refractivity contribution is 6.21. The number of halogens is 2. The van der Waals surface area contributed by atoms with Gasteiger partial charge in [0.2, 0.25) is 0 Å². The van der Waals surface area contributed by atoms with Crippen molar-refractivity contribution < 1.29 is 46.3 Å². The molecule has 4 aromatic heterocycles. The molecule has 374 valence electrons. The summed E-state index contributed by atoms with van der Waals surface area (Å²) in [6.07, 6.45) is 3.59. The van der Waals surface area contributed by atoms with E-state index in [-0.39, 0.29) is 23.4 Å². The molecule has 0 aliphatic rings. The molecule has 12 nitrogen and oxygen atoms in total. The van der Waals surface area contributed by atoms with Crippen molar-refractivity contribution >= 4 is 67.5 Å². The van der Waals surface area contributed by atoms with Crippen molar-refractivity contribution in [1.29, 1.82) is 0 Å². The minimum absolute atomic E-state index is 0.322. The van der Waals surface area contributed by atoms with Crippen molar-refractivity contribution in [3.8, 4) is 44.9 Å². The number of furan rings is 2. The summed E-state index contributed by atoms with van der Waals surface area (Å²) in [6.45, 7) is 13.5. The molecule has 2 amide bonds. The fourth-order valence-electron chi connectivity index (χ4n) is 8.41. The standard InChI is InChI=1S/C29H25FN2O4.C26H19FN2O4.2C2H6/c1-29(2,3)36-28(34)18-7-5-6-17(14-18)21-15-22-23(27(33)31-4)25(16-8-10-19(30)11-9-16)35-26(22)20-12-13-32-24(20)21;1-28-25(30)21-20-13-19(15-4-3-5-16(12-15)26(31)32-2)22-18(10-11-29-22)24(20)33-23(21)14-6-8-17(27)9-7-14;2*1-2/h5-15,32H,1-4H3,(H,31,33);3-13,29H,1-2H3,(H,28,30);2*1-2H3. The van der Waals surface area contributed by atoms with Gasteiger partial charge in [-0.3, -0.25) is 9.59 Å². The molecule has 0 spiro atoms. The first kappa shape index (κ1) is 52.1. The van der Waals surface area contributed by atoms with Crippen LogP contribution in [-0.2, 0) is 9.47 Å². The van der Waals surface area contributed by atoms with E-state index in [2.05, 4.69) is 20.6 Å². The zero-order valence-corrected chi connectivity index (χ0v) is 42.2. The number of amides is 2. The predicted octanol–water partition coefficient (Wildman–Crippen LogP) is 14.3. The minimum Gasteiger partial charge on any atom is -0.465 e. The summed E-state index contributed by atoms with van der Waals surface area (Å²) in [5.74, 6) is -1.55. The number of esters is 2. The van der Waals surface area contributed by atoms with Crippen molar-refractivity contribution in [2.75, 3.05) is 21.2 Å². The molecule has 14 heteroatoms. The van der Waals surface area contributed by atoms with Crippen LogP contribution in [0.15, 0.2) is 143 Å². The van der Waals surface area contributed by atoms with Crippen molar-refractivity contribution in [2.24, 2.45) is 0 Å². The monoisotopic (exact) mass is 986 g/mol. The van der Waals surface area contributed by atoms with Crippen LogP contribution >= 0.6 is 0 Å². The molecule has 0 atom stereocenters. The third-order valence-corrected chi connectivity index (χ3v) is 11.5. The van der Waals surface area contributed by atoms with Crippen molar-refractivity contribution in [3.05, 3.63) is 168 Å². The highest BCUT2D eigenvalue weighted by atomic mass is 19.1. The average molecular weight is 987 g/mol. The van der Waals surface area contributed by atoms with Crippen LogP contribution < -0.4 is 10.6 Å². The lowest BCUT2D eigenvalue weighted by atomic mass is 9.96. The largest absolute Gasteiger partial charge is 0.465 e. The molecule has 0 aliphatic carbocycles. The number of carbonyl (C=O) groups is 4. The Morgan fingerprint density at radius 3 is 1.29 bits per heavy atom. The molecule has 0 radical (unpaired) electrons. The Kier molecular flexibility index (Phi) is 15.8. The summed E-state index contributed by atoms with van der Waals surface area (Å²) in [5, 5.41) is 8.14. The maximum Gasteiger partial charge on any atom is 0.338 e. The first-order valence-electron chi connectivity index (χ1n) is 23.8. The summed E-state index contributed by atoms with van der Waals surface area (Å²) in [7, 11) is 4.43. The minimum atomic E-state index is -0.616. The average Bonchev–Trinajstić information content (AvgIpc) is 4.24. The van der Waals surface area contributed by atoms with Crippen molar-refractivity contribution in [2.45, 2.75) is 54.1 Å². The lowest BCUT2D eigenvalue weighted by Gasteiger charge is -2.19. The summed E-state index contributed by atoms with van der Waals surface area (Å²) in [6, 6.07) is 33.4. The normalized spacial score (nSPS) is 11.0. The van der Waals surface area contributed by atoms with Gasteiger partial charge in [-0.2, -0.15) is 0 Å². The van der Waals surface area contributed by atoms with Crippen LogP contribution in [0.2, 0.25) is 0 Å². The van der Waals surface area contributed by atoms with Gasteiger partial charge in [-0.25, -0.2) is 18.4 Å². The Morgan fingerprint density at radius 1 is 0.521 bits per heavy atom. The van der Waals surface area contributed by atoms with E-state index in [1.54, 1.807) is 87.2 Å². The summed E-state index contributed by atoms with van der Waals surface area (Å²) >= 11 is 0. The number of hydrogen-bond acceptors (Lipinski definition) is 8. The number of rotatable bonds is 8. The molecule has 6 aromatic carbocycles. The lowest BCUT2D eigenvalue weighted by molar-refractivity contribution is 0.00690. The third kappa shape index (κ3) is 10.5. The van der Waals surface area contributed by atoms with Crippen LogP contribution in [0.3, 0.4) is 0 Å². The number of nitrogens with one attached hydrogen (secondary N) is 4. The number of methoxy groups -OCH3 is 1. The van der Waals surface area contributed by atoms with Gasteiger partial charge in [-0.1, -0.05) is 52.0 Å². The van der Waals surface area contributed by atoms with Crippen LogP contribution in [0.5, 0.6) is 0 Å². The van der Waals surface area contributed by atoms with E-state index in [1.165, 1.54) is 31.4 Å². The molecular weight excluding hydrogens is 931 g/mol. The predicted molar refractivity (Wildman–Crippen MR) is 284 cm³/mol. The quantitative estimate of drug-likeness (QED) is 0.109. The molecule has 4 N–H and O–H groups in total. The third-order valence-electron chi connectivity index (χ3n) is 11.5. The Morgan fingerprint density at radius 2 is 0.918 bits per heavy atom. The second-order valence-electron chi connectivity index (χ2n) is 17.1. The Hall–Kier alpha value is -8.78. The highest BCUT2D eigenvalue weighted by Gasteiger charge is 2.27. The van der Waals surface area contributed by atoms with E-state index in [0.717, 1.165) is 44.1 Å². The highest BCUT2D eigenvalue weighted by Crippen LogP contribution is 2.43. The molecule has 0 fully saturated rings. The van der Waals surface area contributed by atoms with Crippen LogP contribution in [0, 0.1) is 11.6 Å². The lowest BCUT2D eigenvalue weighted by Crippen LogP contribution is -2.23. The maximum absolute atomic E-state index is 13.6. The number of aromatic amines is 2. The molecule has 10 rings (SSSR count). The molecular formula is C59H56F2N4O8. The molecule has 0 saturated carbocycles. The Bertz CT molecular complexity index is 3630. The number of fused-ring (bicyclic) bond motifs is 6. The molecule has 73 heavy (non-hydrogen) atoms. The fraction of sp³-hybridized carbons (Fsp3) is 0.186. The fourth-order valence-corrected chi connectivity index (χ4v) is 8.41. The topological polar surface area (TPSA) is 169 Å². The summed E-state index contributed by atoms with van der Waals surface area (Å²) in [5.41, 5.74) is 7.93. The van der Waals surface area contributed by atoms with E-state index in [9.17, 15) is 28.0 Å². The van der Waals surface area contributed by atoms with Crippen LogP contribution in [0.25, 0.3) is 88.6 Å². The van der Waals surface area contributed by atoms with Gasteiger partial charge in [0, 0.05) is 70.3 Å². The van der Waals surface area contributed by atoms with E-state index in [1.807, 2.05) is 84.9 Å². The second-order valence-corrected chi connectivity index (χ2v) is 17.1. The molecule has 0 aliphatic heterocycles. The van der Waals surface area contributed by atoms with Crippen LogP contribution in [0.1, 0.15) is 89.9 Å². The van der Waals surface area contributed by atoms with Gasteiger partial charge in [0.25, 0.3) is 11.8 Å². The number of ether oxygens (including phenoxy) is 2. The number of benzene rings is 6. The molecule has 0 unspecified atom stereocenters. The van der Waals surface area contributed by atoms with Gasteiger partial charge in [0.05, 0.1) is 40.4 Å². The van der Waals surface area contributed by atoms with Gasteiger partial charge in [-0.15, -0.1) is 0 Å². The SMILES string of the molecule is CC.CC.CNC(=O)c1c(-c2ccc(F)cc2)oc2c1cc(-c1cccc(C(=O)OC(C)(C)C)c1)c1[nH]ccc12.CNC(=O)c1c(-c2ccc(F)cc2)oc2c1cc(-c1cccc(C(=O)OC)c1)c1[nH]ccc12. The Balaban J connectivity index is 0.000000201. The Labute approximate surface area is 420 Å². The summed E-state index contributed by atoms with van der Waals surface area (Å²) < 4.78 is 49.9. The van der Waals surface area contributed by atoms with Crippen molar-refractivity contribution in [1.82, 2.24) is 20.6 Å². The van der Waals surface area contributed by atoms with Crippen LogP contribution in [0.4, 0.5) is 8.78 Å². The molecule has 4 heterocycles. The van der Waals surface area contributed by atoms with Crippen molar-refractivity contribution in [3.63, 3.8) is 0 Å². The smallest absolute Gasteiger partial charge is 0.338 e. The molecule has 10 aromatic rings. The van der Waals surface area contributed by atoms with E-state index < -0.39 is 17.5 Å². The first-order valence-corrected chi connectivity index (χ1v) is 23.8. The zero-order valence-electron chi connectivity index (χ0n) is 42.2. The summed E-state index contributed by atoms with van der Waals surface area (Å²) in [4.78, 5) is 57.2. The number of hydrogen-bond donors (Lipinski definition) is 4. The van der Waals surface area contributed by atoms with E-state index in [0.29, 0.717) is 66.8 Å². The van der Waals surface area contributed by atoms with Gasteiger partial charge >= 0.3 is 11.9 Å². The van der Waals surface area contributed by atoms with Gasteiger partial charge in [-0.05, 0) is 129 Å². The van der Waals surface area contributed by atoms with E-state index >= 15 is 0 Å².